The number of hydrogen-bond donors (Lipinski definition) is 1. The van der Waals surface area contributed by atoms with E-state index in [0.717, 1.165) is 13.0 Å². The van der Waals surface area contributed by atoms with Gasteiger partial charge in [-0.2, -0.15) is 0 Å². The molecule has 0 aromatic rings. The first-order valence-electron chi connectivity index (χ1n) is 7.94. The lowest BCUT2D eigenvalue weighted by Crippen LogP contribution is -2.45. The van der Waals surface area contributed by atoms with E-state index < -0.39 is 5.60 Å². The maximum absolute atomic E-state index is 12.1. The second kappa shape index (κ2) is 9.22. The zero-order valence-electron chi connectivity index (χ0n) is 14.5. The van der Waals surface area contributed by atoms with E-state index in [2.05, 4.69) is 19.2 Å². The Kier molecular flexibility index (Phi) is 8.86. The van der Waals surface area contributed by atoms with Crippen LogP contribution in [0.25, 0.3) is 0 Å². The topological polar surface area (TPSA) is 41.6 Å². The quantitative estimate of drug-likeness (QED) is 0.738. The van der Waals surface area contributed by atoms with E-state index in [9.17, 15) is 4.79 Å². The van der Waals surface area contributed by atoms with Gasteiger partial charge in [-0.1, -0.05) is 20.3 Å². The minimum Gasteiger partial charge on any atom is -0.444 e. The summed E-state index contributed by atoms with van der Waals surface area (Å²) in [5, 5.41) is 3.52. The Balaban J connectivity index is 4.31. The van der Waals surface area contributed by atoms with E-state index in [-0.39, 0.29) is 12.1 Å². The van der Waals surface area contributed by atoms with Crippen molar-refractivity contribution in [2.45, 2.75) is 85.4 Å². The second-order valence-electron chi connectivity index (χ2n) is 6.62. The predicted molar refractivity (Wildman–Crippen MR) is 85.1 cm³/mol. The molecule has 0 spiro atoms. The first kappa shape index (κ1) is 19.2. The van der Waals surface area contributed by atoms with Gasteiger partial charge in [-0.3, -0.25) is 0 Å². The Hall–Kier alpha value is -0.770. The summed E-state index contributed by atoms with van der Waals surface area (Å²) >= 11 is 0. The Morgan fingerprint density at radius 3 is 2.25 bits per heavy atom. The highest BCUT2D eigenvalue weighted by atomic mass is 16.6. The Morgan fingerprint density at radius 1 is 1.25 bits per heavy atom. The molecule has 20 heavy (non-hydrogen) atoms. The third-order valence-corrected chi connectivity index (χ3v) is 3.17. The molecule has 0 aliphatic carbocycles. The summed E-state index contributed by atoms with van der Waals surface area (Å²) in [5.41, 5.74) is -0.439. The molecule has 1 N–H and O–H groups in total. The smallest absolute Gasteiger partial charge is 0.410 e. The number of amides is 1. The molecule has 1 amide bonds. The highest BCUT2D eigenvalue weighted by Gasteiger charge is 2.23. The SMILES string of the molecule is CCCC(CC)NCCN(C(=O)OC(C)(C)C)C(C)C. The van der Waals surface area contributed by atoms with Gasteiger partial charge in [0.25, 0.3) is 0 Å². The van der Waals surface area contributed by atoms with Gasteiger partial charge < -0.3 is 15.0 Å². The van der Waals surface area contributed by atoms with Crippen LogP contribution in [0.15, 0.2) is 0 Å². The number of hydrogen-bond acceptors (Lipinski definition) is 3. The van der Waals surface area contributed by atoms with Crippen LogP contribution in [-0.2, 0) is 4.74 Å². The highest BCUT2D eigenvalue weighted by molar-refractivity contribution is 5.68. The molecular formula is C16H34N2O2. The van der Waals surface area contributed by atoms with E-state index in [1.807, 2.05) is 34.6 Å². The van der Waals surface area contributed by atoms with Crippen LogP contribution in [0, 0.1) is 0 Å². The maximum atomic E-state index is 12.1. The molecule has 0 fully saturated rings. The van der Waals surface area contributed by atoms with Gasteiger partial charge in [0.05, 0.1) is 0 Å². The summed E-state index contributed by atoms with van der Waals surface area (Å²) in [6, 6.07) is 0.700. The summed E-state index contributed by atoms with van der Waals surface area (Å²) in [6.07, 6.45) is 3.27. The molecule has 0 radical (unpaired) electrons. The van der Waals surface area contributed by atoms with Crippen molar-refractivity contribution in [1.82, 2.24) is 10.2 Å². The van der Waals surface area contributed by atoms with Crippen molar-refractivity contribution < 1.29 is 9.53 Å². The van der Waals surface area contributed by atoms with Crippen LogP contribution >= 0.6 is 0 Å². The van der Waals surface area contributed by atoms with Crippen molar-refractivity contribution in [2.75, 3.05) is 13.1 Å². The largest absolute Gasteiger partial charge is 0.444 e. The zero-order valence-corrected chi connectivity index (χ0v) is 14.5. The molecule has 4 heteroatoms. The average molecular weight is 286 g/mol. The summed E-state index contributed by atoms with van der Waals surface area (Å²) in [6.45, 7) is 15.6. The van der Waals surface area contributed by atoms with Gasteiger partial charge in [-0.25, -0.2) is 4.79 Å². The molecule has 0 bridgehead atoms. The van der Waals surface area contributed by atoms with Gasteiger partial charge >= 0.3 is 6.09 Å². The fourth-order valence-corrected chi connectivity index (χ4v) is 2.07. The fourth-order valence-electron chi connectivity index (χ4n) is 2.07. The van der Waals surface area contributed by atoms with E-state index in [4.69, 9.17) is 4.74 Å². The normalized spacial score (nSPS) is 13.4. The summed E-state index contributed by atoms with van der Waals surface area (Å²) < 4.78 is 5.45. The maximum Gasteiger partial charge on any atom is 0.410 e. The zero-order chi connectivity index (χ0) is 15.8. The van der Waals surface area contributed by atoms with Crippen LogP contribution in [0.1, 0.15) is 67.7 Å². The summed E-state index contributed by atoms with van der Waals surface area (Å²) in [4.78, 5) is 13.9. The van der Waals surface area contributed by atoms with Gasteiger partial charge in [0, 0.05) is 25.2 Å². The number of nitrogens with zero attached hydrogens (tertiary/aromatic N) is 1. The average Bonchev–Trinajstić information content (AvgIpc) is 2.30. The van der Waals surface area contributed by atoms with Crippen LogP contribution < -0.4 is 5.32 Å². The number of nitrogens with one attached hydrogen (secondary N) is 1. The van der Waals surface area contributed by atoms with Crippen molar-refractivity contribution in [2.24, 2.45) is 0 Å². The van der Waals surface area contributed by atoms with E-state index in [0.29, 0.717) is 12.6 Å². The molecule has 0 saturated carbocycles. The standard InChI is InChI=1S/C16H34N2O2/c1-8-10-14(9-2)17-11-12-18(13(3)4)15(19)20-16(5,6)7/h13-14,17H,8-12H2,1-7H3. The fraction of sp³-hybridized carbons (Fsp3) is 0.938. The molecule has 0 aliphatic heterocycles. The Morgan fingerprint density at radius 2 is 1.85 bits per heavy atom. The molecule has 120 valence electrons. The molecule has 0 rings (SSSR count). The van der Waals surface area contributed by atoms with Gasteiger partial charge in [-0.05, 0) is 47.5 Å². The molecule has 0 aliphatic rings. The third-order valence-electron chi connectivity index (χ3n) is 3.17. The first-order valence-corrected chi connectivity index (χ1v) is 7.94. The molecule has 1 unspecified atom stereocenters. The van der Waals surface area contributed by atoms with E-state index >= 15 is 0 Å². The number of rotatable bonds is 8. The van der Waals surface area contributed by atoms with Crippen LogP contribution in [0.3, 0.4) is 0 Å². The molecule has 0 heterocycles. The van der Waals surface area contributed by atoms with Crippen LogP contribution in [0.4, 0.5) is 4.79 Å². The van der Waals surface area contributed by atoms with Crippen molar-refractivity contribution in [3.05, 3.63) is 0 Å². The Labute approximate surface area is 125 Å². The lowest BCUT2D eigenvalue weighted by Gasteiger charge is -2.30. The minimum atomic E-state index is -0.439. The molecular weight excluding hydrogens is 252 g/mol. The van der Waals surface area contributed by atoms with Gasteiger partial charge in [0.15, 0.2) is 0 Å². The summed E-state index contributed by atoms with van der Waals surface area (Å²) in [7, 11) is 0. The lowest BCUT2D eigenvalue weighted by molar-refractivity contribution is 0.0192. The second-order valence-corrected chi connectivity index (χ2v) is 6.62. The number of carbonyl (C=O) groups excluding carboxylic acids is 1. The number of carbonyl (C=O) groups is 1. The first-order chi connectivity index (χ1) is 9.21. The van der Waals surface area contributed by atoms with Gasteiger partial charge in [0.2, 0.25) is 0 Å². The third kappa shape index (κ3) is 8.41. The highest BCUT2D eigenvalue weighted by Crippen LogP contribution is 2.11. The van der Waals surface area contributed by atoms with Gasteiger partial charge in [-0.15, -0.1) is 0 Å². The molecule has 4 nitrogen and oxygen atoms in total. The van der Waals surface area contributed by atoms with Crippen molar-refractivity contribution >= 4 is 6.09 Å². The lowest BCUT2D eigenvalue weighted by atomic mass is 10.1. The molecule has 0 aromatic carbocycles. The van der Waals surface area contributed by atoms with Crippen LogP contribution in [-0.4, -0.2) is 41.8 Å². The summed E-state index contributed by atoms with van der Waals surface area (Å²) in [5.74, 6) is 0. The van der Waals surface area contributed by atoms with E-state index in [1.165, 1.54) is 12.8 Å². The van der Waals surface area contributed by atoms with Crippen molar-refractivity contribution in [3.8, 4) is 0 Å². The molecule has 0 saturated heterocycles. The molecule has 0 aromatic heterocycles. The predicted octanol–water partition coefficient (Wildman–Crippen LogP) is 3.80. The van der Waals surface area contributed by atoms with Crippen LogP contribution in [0.2, 0.25) is 0 Å². The monoisotopic (exact) mass is 286 g/mol. The Bertz CT molecular complexity index is 272. The van der Waals surface area contributed by atoms with Gasteiger partial charge in [0.1, 0.15) is 5.60 Å². The van der Waals surface area contributed by atoms with Crippen molar-refractivity contribution in [1.29, 1.82) is 0 Å². The number of ether oxygens (including phenoxy) is 1. The van der Waals surface area contributed by atoms with E-state index in [1.54, 1.807) is 4.90 Å². The minimum absolute atomic E-state index is 0.151. The van der Waals surface area contributed by atoms with Crippen LogP contribution in [0.5, 0.6) is 0 Å². The van der Waals surface area contributed by atoms with Crippen molar-refractivity contribution in [3.63, 3.8) is 0 Å². The molecule has 1 atom stereocenters.